The van der Waals surface area contributed by atoms with E-state index in [1.54, 1.807) is 31.2 Å². The van der Waals surface area contributed by atoms with E-state index in [-0.39, 0.29) is 11.5 Å². The Kier molecular flexibility index (Phi) is 5.57. The molecular weight excluding hydrogens is 411 g/mol. The second-order valence-corrected chi connectivity index (χ2v) is 6.90. The summed E-state index contributed by atoms with van der Waals surface area (Å²) in [6.07, 6.45) is -2.85. The summed E-state index contributed by atoms with van der Waals surface area (Å²) in [7, 11) is 0. The summed E-state index contributed by atoms with van der Waals surface area (Å²) >= 11 is 6.53. The lowest BCUT2D eigenvalue weighted by atomic mass is 9.84. The van der Waals surface area contributed by atoms with Crippen molar-refractivity contribution < 1.29 is 32.2 Å². The quantitative estimate of drug-likeness (QED) is 0.566. The topological polar surface area (TPSA) is 64.6 Å². The number of ketones is 1. The first-order chi connectivity index (χ1) is 13.6. The van der Waals surface area contributed by atoms with Gasteiger partial charge in [-0.1, -0.05) is 12.1 Å². The summed E-state index contributed by atoms with van der Waals surface area (Å²) in [5, 5.41) is 2.88. The van der Waals surface area contributed by atoms with E-state index in [0.717, 1.165) is 12.1 Å². The zero-order valence-electron chi connectivity index (χ0n) is 15.0. The molecule has 0 saturated heterocycles. The highest BCUT2D eigenvalue weighted by atomic mass is 35.5. The molecule has 2 aromatic carbocycles. The average molecular weight is 426 g/mol. The van der Waals surface area contributed by atoms with E-state index >= 15 is 0 Å². The smallest absolute Gasteiger partial charge is 0.457 e. The Balaban J connectivity index is 1.77. The van der Waals surface area contributed by atoms with Crippen LogP contribution in [0.2, 0.25) is 0 Å². The number of hydrogen-bond donors (Lipinski definition) is 1. The first-order valence-electron chi connectivity index (χ1n) is 8.39. The molecule has 0 spiro atoms. The Morgan fingerprint density at radius 2 is 1.55 bits per heavy atom. The molecule has 2 unspecified atom stereocenters. The fourth-order valence-electron chi connectivity index (χ4n) is 2.90. The number of halogens is 4. The normalized spacial score (nSPS) is 21.8. The molecule has 1 aliphatic rings. The van der Waals surface area contributed by atoms with Crippen LogP contribution in [0.5, 0.6) is 17.2 Å². The summed E-state index contributed by atoms with van der Waals surface area (Å²) in [6.45, 7) is 1.66. The number of ether oxygens (including phenoxy) is 2. The summed E-state index contributed by atoms with van der Waals surface area (Å²) in [4.78, 5) is 22.3. The van der Waals surface area contributed by atoms with Crippen molar-refractivity contribution in [3.63, 3.8) is 0 Å². The maximum Gasteiger partial charge on any atom is 0.573 e. The van der Waals surface area contributed by atoms with Crippen molar-refractivity contribution in [1.82, 2.24) is 5.32 Å². The van der Waals surface area contributed by atoms with Crippen LogP contribution in [-0.4, -0.2) is 24.5 Å². The first kappa shape index (κ1) is 20.7. The highest BCUT2D eigenvalue weighted by Gasteiger charge is 2.47. The van der Waals surface area contributed by atoms with E-state index in [1.807, 2.05) is 0 Å². The maximum atomic E-state index is 12.5. The van der Waals surface area contributed by atoms with Crippen molar-refractivity contribution in [3.05, 3.63) is 65.9 Å². The van der Waals surface area contributed by atoms with E-state index in [2.05, 4.69) is 10.1 Å². The van der Waals surface area contributed by atoms with Gasteiger partial charge in [-0.15, -0.1) is 24.8 Å². The molecule has 0 saturated carbocycles. The molecule has 9 heteroatoms. The highest BCUT2D eigenvalue weighted by Crippen LogP contribution is 2.38. The summed E-state index contributed by atoms with van der Waals surface area (Å²) < 4.78 is 46.0. The van der Waals surface area contributed by atoms with Crippen molar-refractivity contribution in [3.8, 4) is 17.2 Å². The molecule has 0 bridgehead atoms. The molecule has 2 aromatic rings. The number of carbonyl (C=O) groups excluding carboxylic acids is 2. The summed E-state index contributed by atoms with van der Waals surface area (Å²) in [5.41, 5.74) is 0.945. The molecule has 29 heavy (non-hydrogen) atoms. The average Bonchev–Trinajstić information content (AvgIpc) is 2.65. The monoisotopic (exact) mass is 425 g/mol. The van der Waals surface area contributed by atoms with Gasteiger partial charge in [-0.3, -0.25) is 4.79 Å². The number of carbonyl (C=O) groups is 2. The van der Waals surface area contributed by atoms with Gasteiger partial charge in [0.1, 0.15) is 29.6 Å². The molecule has 1 heterocycles. The van der Waals surface area contributed by atoms with Crippen LogP contribution in [0.15, 0.2) is 60.3 Å². The molecule has 1 N–H and O–H groups in total. The molecule has 1 aliphatic heterocycles. The zero-order valence-corrected chi connectivity index (χ0v) is 15.8. The lowest BCUT2D eigenvalue weighted by Gasteiger charge is -2.35. The van der Waals surface area contributed by atoms with Crippen LogP contribution in [0.3, 0.4) is 0 Å². The molecule has 2 atom stereocenters. The third kappa shape index (κ3) is 4.54. The van der Waals surface area contributed by atoms with Crippen LogP contribution in [0.4, 0.5) is 13.2 Å². The summed E-state index contributed by atoms with van der Waals surface area (Å²) in [6, 6.07) is 10.1. The van der Waals surface area contributed by atoms with Crippen LogP contribution < -0.4 is 14.8 Å². The molecule has 0 aromatic heterocycles. The number of nitrogens with one attached hydrogen (secondary N) is 1. The van der Waals surface area contributed by atoms with Gasteiger partial charge in [0.05, 0.1) is 0 Å². The Morgan fingerprint density at radius 1 is 1.03 bits per heavy atom. The number of benzene rings is 2. The Morgan fingerprint density at radius 3 is 2.07 bits per heavy atom. The van der Waals surface area contributed by atoms with Crippen molar-refractivity contribution in [2.75, 3.05) is 0 Å². The van der Waals surface area contributed by atoms with Crippen LogP contribution in [0.25, 0.3) is 0 Å². The van der Waals surface area contributed by atoms with Gasteiger partial charge in [0.15, 0.2) is 10.7 Å². The second-order valence-electron chi connectivity index (χ2n) is 6.31. The van der Waals surface area contributed by atoms with E-state index in [4.69, 9.17) is 16.3 Å². The molecular formula is C20H15ClF3NO4. The van der Waals surface area contributed by atoms with Gasteiger partial charge in [0, 0.05) is 11.8 Å². The van der Waals surface area contributed by atoms with Crippen LogP contribution in [0, 0.1) is 0 Å². The van der Waals surface area contributed by atoms with Crippen molar-refractivity contribution in [2.24, 2.45) is 0 Å². The minimum atomic E-state index is -4.77. The molecule has 0 amide bonds. The SMILES string of the molecule is CC1=CC(=O)C(Cl)(c2ccc(Oc3ccc(OC(F)(F)F)cc3)cc2)C(C=O)N1. The van der Waals surface area contributed by atoms with Crippen LogP contribution in [0.1, 0.15) is 12.5 Å². The summed E-state index contributed by atoms with van der Waals surface area (Å²) in [5.74, 6) is -0.131. The highest BCUT2D eigenvalue weighted by molar-refractivity contribution is 6.38. The molecule has 3 rings (SSSR count). The number of allylic oxidation sites excluding steroid dienone is 2. The standard InChI is InChI=1S/C20H15ClF3NO4/c1-12-10-18(27)19(21,17(11-26)25-12)13-2-4-14(5-3-13)28-15-6-8-16(9-7-15)29-20(22,23)24/h2-11,17,25H,1H3. The van der Waals surface area contributed by atoms with E-state index < -0.39 is 23.1 Å². The number of alkyl halides is 4. The predicted molar refractivity (Wildman–Crippen MR) is 98.9 cm³/mol. The third-order valence-corrected chi connectivity index (χ3v) is 4.86. The maximum absolute atomic E-state index is 12.5. The fourth-order valence-corrected chi connectivity index (χ4v) is 3.19. The lowest BCUT2D eigenvalue weighted by molar-refractivity contribution is -0.274. The van der Waals surface area contributed by atoms with Gasteiger partial charge in [-0.05, 0) is 48.9 Å². The van der Waals surface area contributed by atoms with Gasteiger partial charge in [0.25, 0.3) is 0 Å². The van der Waals surface area contributed by atoms with Crippen LogP contribution >= 0.6 is 11.6 Å². The number of rotatable bonds is 5. The van der Waals surface area contributed by atoms with Crippen LogP contribution in [-0.2, 0) is 14.5 Å². The van der Waals surface area contributed by atoms with Crippen molar-refractivity contribution in [2.45, 2.75) is 24.2 Å². The van der Waals surface area contributed by atoms with Crippen molar-refractivity contribution in [1.29, 1.82) is 0 Å². The fraction of sp³-hybridized carbons (Fsp3) is 0.200. The second kappa shape index (κ2) is 7.79. The molecule has 0 aliphatic carbocycles. The number of hydrogen-bond acceptors (Lipinski definition) is 5. The molecule has 152 valence electrons. The van der Waals surface area contributed by atoms with Gasteiger partial charge in [0.2, 0.25) is 0 Å². The minimum Gasteiger partial charge on any atom is -0.457 e. The van der Waals surface area contributed by atoms with Crippen molar-refractivity contribution >= 4 is 23.7 Å². The third-order valence-electron chi connectivity index (χ3n) is 4.22. The van der Waals surface area contributed by atoms with E-state index in [0.29, 0.717) is 23.3 Å². The Bertz CT molecular complexity index is 942. The van der Waals surface area contributed by atoms with Gasteiger partial charge in [-0.25, -0.2) is 0 Å². The molecule has 0 radical (unpaired) electrons. The predicted octanol–water partition coefficient (Wildman–Crippen LogP) is 4.46. The lowest BCUT2D eigenvalue weighted by Crippen LogP contribution is -2.53. The van der Waals surface area contributed by atoms with E-state index in [9.17, 15) is 22.8 Å². The Labute approximate surface area is 169 Å². The molecule has 5 nitrogen and oxygen atoms in total. The minimum absolute atomic E-state index is 0.285. The zero-order chi connectivity index (χ0) is 21.2. The van der Waals surface area contributed by atoms with Gasteiger partial charge in [-0.2, -0.15) is 0 Å². The Hall–Kier alpha value is -3.00. The van der Waals surface area contributed by atoms with E-state index in [1.165, 1.54) is 18.2 Å². The molecule has 0 fully saturated rings. The largest absolute Gasteiger partial charge is 0.573 e. The number of aldehydes is 1. The van der Waals surface area contributed by atoms with Gasteiger partial charge < -0.3 is 19.6 Å². The van der Waals surface area contributed by atoms with Gasteiger partial charge >= 0.3 is 6.36 Å². The first-order valence-corrected chi connectivity index (χ1v) is 8.77.